The van der Waals surface area contributed by atoms with Gasteiger partial charge in [-0.25, -0.2) is 0 Å². The fourth-order valence-corrected chi connectivity index (χ4v) is 2.01. The van der Waals surface area contributed by atoms with Crippen molar-refractivity contribution < 1.29 is 14.3 Å². The van der Waals surface area contributed by atoms with E-state index in [1.165, 1.54) is 0 Å². The molecule has 1 aliphatic heterocycles. The summed E-state index contributed by atoms with van der Waals surface area (Å²) in [4.78, 5) is 11.8. The van der Waals surface area contributed by atoms with Gasteiger partial charge in [0.05, 0.1) is 26.2 Å². The molecule has 1 heterocycles. The maximum absolute atomic E-state index is 11.8. The number of morpholine rings is 1. The Kier molecular flexibility index (Phi) is 7.36. The summed E-state index contributed by atoms with van der Waals surface area (Å²) in [6, 6.07) is 7.67. The van der Waals surface area contributed by atoms with Crippen molar-refractivity contribution in [3.8, 4) is 5.75 Å². The summed E-state index contributed by atoms with van der Waals surface area (Å²) in [7, 11) is 1.63. The molecule has 1 aromatic rings. The lowest BCUT2D eigenvalue weighted by Crippen LogP contribution is -2.41. The van der Waals surface area contributed by atoms with Crippen LogP contribution in [0.1, 0.15) is 12.0 Å². The second-order valence-electron chi connectivity index (χ2n) is 4.53. The Balaban J connectivity index is 0.00000200. The maximum Gasteiger partial charge on any atom is 0.222 e. The highest BCUT2D eigenvalue weighted by molar-refractivity contribution is 5.85. The number of rotatable bonds is 5. The smallest absolute Gasteiger partial charge is 0.222 e. The molecule has 0 aliphatic carbocycles. The Morgan fingerprint density at radius 1 is 1.55 bits per heavy atom. The van der Waals surface area contributed by atoms with Gasteiger partial charge in [-0.3, -0.25) is 4.79 Å². The Hall–Kier alpha value is -1.30. The average Bonchev–Trinajstić information content (AvgIpc) is 2.46. The standard InChI is InChI=1S/C14H20N2O3.ClH/c1-18-12-4-2-3-11(7-12)9-16-14(17)8-13-10-15-5-6-19-13;/h2-4,7,13,15H,5-6,8-10H2,1H3,(H,16,17);1H. The Bertz CT molecular complexity index is 423. The zero-order valence-electron chi connectivity index (χ0n) is 11.6. The van der Waals surface area contributed by atoms with Crippen LogP contribution in [0.3, 0.4) is 0 Å². The predicted molar refractivity (Wildman–Crippen MR) is 79.3 cm³/mol. The van der Waals surface area contributed by atoms with E-state index < -0.39 is 0 Å². The summed E-state index contributed by atoms with van der Waals surface area (Å²) in [5.74, 6) is 0.808. The van der Waals surface area contributed by atoms with Crippen LogP contribution in [-0.4, -0.2) is 38.8 Å². The lowest BCUT2D eigenvalue weighted by molar-refractivity contribution is -0.124. The van der Waals surface area contributed by atoms with E-state index in [0.717, 1.165) is 24.4 Å². The highest BCUT2D eigenvalue weighted by Gasteiger charge is 2.16. The van der Waals surface area contributed by atoms with Gasteiger partial charge in [0.1, 0.15) is 5.75 Å². The van der Waals surface area contributed by atoms with Crippen molar-refractivity contribution in [3.05, 3.63) is 29.8 Å². The highest BCUT2D eigenvalue weighted by Crippen LogP contribution is 2.12. The van der Waals surface area contributed by atoms with Crippen LogP contribution in [0.15, 0.2) is 24.3 Å². The van der Waals surface area contributed by atoms with Crippen LogP contribution in [0.2, 0.25) is 0 Å². The van der Waals surface area contributed by atoms with Gasteiger partial charge in [-0.1, -0.05) is 12.1 Å². The van der Waals surface area contributed by atoms with E-state index >= 15 is 0 Å². The molecule has 1 unspecified atom stereocenters. The maximum atomic E-state index is 11.8. The summed E-state index contributed by atoms with van der Waals surface area (Å²) >= 11 is 0. The van der Waals surface area contributed by atoms with E-state index in [4.69, 9.17) is 9.47 Å². The van der Waals surface area contributed by atoms with Crippen molar-refractivity contribution in [2.24, 2.45) is 0 Å². The van der Waals surface area contributed by atoms with Crippen LogP contribution in [0.25, 0.3) is 0 Å². The number of nitrogens with one attached hydrogen (secondary N) is 2. The molecule has 6 heteroatoms. The number of methoxy groups -OCH3 is 1. The van der Waals surface area contributed by atoms with Crippen LogP contribution in [0.5, 0.6) is 5.75 Å². The summed E-state index contributed by atoms with van der Waals surface area (Å²) in [6.07, 6.45) is 0.385. The molecule has 1 aliphatic rings. The van der Waals surface area contributed by atoms with E-state index in [1.807, 2.05) is 24.3 Å². The monoisotopic (exact) mass is 300 g/mol. The third-order valence-electron chi connectivity index (χ3n) is 3.04. The first kappa shape index (κ1) is 16.8. The summed E-state index contributed by atoms with van der Waals surface area (Å²) in [6.45, 7) is 2.79. The van der Waals surface area contributed by atoms with Crippen LogP contribution < -0.4 is 15.4 Å². The molecule has 0 spiro atoms. The highest BCUT2D eigenvalue weighted by atomic mass is 35.5. The molecule has 0 radical (unpaired) electrons. The molecule has 0 aromatic heterocycles. The van der Waals surface area contributed by atoms with E-state index in [1.54, 1.807) is 7.11 Å². The molecule has 1 saturated heterocycles. The number of carbonyl (C=O) groups excluding carboxylic acids is 1. The normalized spacial score (nSPS) is 17.9. The fourth-order valence-electron chi connectivity index (χ4n) is 2.01. The fraction of sp³-hybridized carbons (Fsp3) is 0.500. The van der Waals surface area contributed by atoms with Crippen molar-refractivity contribution in [1.29, 1.82) is 0 Å². The second kappa shape index (κ2) is 8.79. The van der Waals surface area contributed by atoms with Gasteiger partial charge in [0.15, 0.2) is 0 Å². The van der Waals surface area contributed by atoms with Gasteiger partial charge in [0.25, 0.3) is 0 Å². The molecular weight excluding hydrogens is 280 g/mol. The number of amides is 1. The number of ether oxygens (including phenoxy) is 2. The average molecular weight is 301 g/mol. The quantitative estimate of drug-likeness (QED) is 0.855. The molecule has 2 N–H and O–H groups in total. The van der Waals surface area contributed by atoms with Crippen LogP contribution >= 0.6 is 12.4 Å². The molecule has 112 valence electrons. The van der Waals surface area contributed by atoms with E-state index in [-0.39, 0.29) is 24.4 Å². The molecule has 20 heavy (non-hydrogen) atoms. The van der Waals surface area contributed by atoms with Crippen LogP contribution in [0.4, 0.5) is 0 Å². The first-order valence-electron chi connectivity index (χ1n) is 6.50. The minimum atomic E-state index is -0.0148. The van der Waals surface area contributed by atoms with Crippen molar-refractivity contribution in [3.63, 3.8) is 0 Å². The number of hydrogen-bond acceptors (Lipinski definition) is 4. The van der Waals surface area contributed by atoms with Gasteiger partial charge in [0, 0.05) is 19.6 Å². The molecular formula is C14H21ClN2O3. The third kappa shape index (κ3) is 5.36. The molecule has 1 aromatic carbocycles. The number of carbonyl (C=O) groups is 1. The minimum Gasteiger partial charge on any atom is -0.497 e. The third-order valence-corrected chi connectivity index (χ3v) is 3.04. The van der Waals surface area contributed by atoms with Crippen molar-refractivity contribution in [2.75, 3.05) is 26.8 Å². The van der Waals surface area contributed by atoms with Crippen LogP contribution in [-0.2, 0) is 16.1 Å². The molecule has 0 bridgehead atoms. The Morgan fingerprint density at radius 3 is 3.10 bits per heavy atom. The Labute approximate surface area is 125 Å². The van der Waals surface area contributed by atoms with Crippen molar-refractivity contribution in [1.82, 2.24) is 10.6 Å². The molecule has 1 fully saturated rings. The lowest BCUT2D eigenvalue weighted by Gasteiger charge is -2.23. The minimum absolute atomic E-state index is 0. The van der Waals surface area contributed by atoms with Crippen LogP contribution in [0, 0.1) is 0 Å². The molecule has 1 atom stereocenters. The SMILES string of the molecule is COc1cccc(CNC(=O)CC2CNCCO2)c1.Cl. The van der Waals surface area contributed by atoms with E-state index in [2.05, 4.69) is 10.6 Å². The molecule has 0 saturated carbocycles. The zero-order valence-corrected chi connectivity index (χ0v) is 12.4. The van der Waals surface area contributed by atoms with Crippen molar-refractivity contribution >= 4 is 18.3 Å². The van der Waals surface area contributed by atoms with Gasteiger partial charge < -0.3 is 20.1 Å². The topological polar surface area (TPSA) is 59.6 Å². The predicted octanol–water partition coefficient (Wildman–Crippen LogP) is 1.11. The molecule has 1 amide bonds. The van der Waals surface area contributed by atoms with Gasteiger partial charge in [-0.05, 0) is 17.7 Å². The van der Waals surface area contributed by atoms with E-state index in [9.17, 15) is 4.79 Å². The second-order valence-corrected chi connectivity index (χ2v) is 4.53. The summed E-state index contributed by atoms with van der Waals surface area (Å²) < 4.78 is 10.6. The molecule has 2 rings (SSSR count). The van der Waals surface area contributed by atoms with Crippen molar-refractivity contribution in [2.45, 2.75) is 19.1 Å². The first-order chi connectivity index (χ1) is 9.28. The Morgan fingerprint density at radius 2 is 2.40 bits per heavy atom. The number of benzene rings is 1. The van der Waals surface area contributed by atoms with Gasteiger partial charge in [0.2, 0.25) is 5.91 Å². The van der Waals surface area contributed by atoms with E-state index in [0.29, 0.717) is 19.6 Å². The van der Waals surface area contributed by atoms with Gasteiger partial charge >= 0.3 is 0 Å². The summed E-state index contributed by atoms with van der Waals surface area (Å²) in [5, 5.41) is 6.10. The van der Waals surface area contributed by atoms with Gasteiger partial charge in [-0.15, -0.1) is 12.4 Å². The number of halogens is 1. The largest absolute Gasteiger partial charge is 0.497 e. The van der Waals surface area contributed by atoms with Gasteiger partial charge in [-0.2, -0.15) is 0 Å². The number of hydrogen-bond donors (Lipinski definition) is 2. The summed E-state index contributed by atoms with van der Waals surface area (Å²) in [5.41, 5.74) is 1.02. The molecule has 5 nitrogen and oxygen atoms in total. The first-order valence-corrected chi connectivity index (χ1v) is 6.50. The zero-order chi connectivity index (χ0) is 13.5. The lowest BCUT2D eigenvalue weighted by atomic mass is 10.2.